The molecular weight excluding hydrogens is 204 g/mol. The van der Waals surface area contributed by atoms with Gasteiger partial charge in [0.05, 0.1) is 6.26 Å². The monoisotopic (exact) mass is 222 g/mol. The van der Waals surface area contributed by atoms with E-state index in [2.05, 4.69) is 0 Å². The summed E-state index contributed by atoms with van der Waals surface area (Å²) in [4.78, 5) is 12.3. The smallest absolute Gasteiger partial charge is 0.229 e. The Hall–Kier alpha value is -1.09. The molecule has 3 nitrogen and oxygen atoms in total. The fourth-order valence-corrected chi connectivity index (χ4v) is 2.46. The molecule has 0 aliphatic heterocycles. The highest BCUT2D eigenvalue weighted by Gasteiger charge is 2.40. The number of ether oxygens (including phenoxy) is 1. The molecule has 1 aromatic heterocycles. The average molecular weight is 222 g/mol. The van der Waals surface area contributed by atoms with Crippen molar-refractivity contribution in [3.63, 3.8) is 0 Å². The van der Waals surface area contributed by atoms with Crippen LogP contribution in [0.5, 0.6) is 0 Å². The second-order valence-corrected chi connectivity index (χ2v) is 4.42. The van der Waals surface area contributed by atoms with E-state index in [1.807, 2.05) is 0 Å². The summed E-state index contributed by atoms with van der Waals surface area (Å²) >= 11 is 0. The van der Waals surface area contributed by atoms with Gasteiger partial charge in [0.1, 0.15) is 5.60 Å². The lowest BCUT2D eigenvalue weighted by Gasteiger charge is -2.28. The van der Waals surface area contributed by atoms with Gasteiger partial charge in [0.25, 0.3) is 0 Å². The van der Waals surface area contributed by atoms with E-state index in [0.29, 0.717) is 5.76 Å². The minimum absolute atomic E-state index is 0.00176. The van der Waals surface area contributed by atoms with Gasteiger partial charge < -0.3 is 9.15 Å². The summed E-state index contributed by atoms with van der Waals surface area (Å²) in [6.07, 6.45) is 7.65. The van der Waals surface area contributed by atoms with E-state index in [1.165, 1.54) is 19.1 Å². The largest absolute Gasteiger partial charge is 0.461 e. The third-order valence-corrected chi connectivity index (χ3v) is 3.46. The molecule has 1 saturated carbocycles. The minimum atomic E-state index is -0.644. The zero-order valence-corrected chi connectivity index (χ0v) is 9.70. The van der Waals surface area contributed by atoms with Crippen LogP contribution in [0, 0.1) is 0 Å². The first kappa shape index (κ1) is 11.4. The number of hydrogen-bond acceptors (Lipinski definition) is 3. The number of carbonyl (C=O) groups is 1. The van der Waals surface area contributed by atoms with Crippen LogP contribution in [0.4, 0.5) is 0 Å². The quantitative estimate of drug-likeness (QED) is 0.582. The number of Topliss-reactive ketones (excluding diaryl/α,β-unsaturated/α-hetero) is 1. The molecule has 0 spiro atoms. The third kappa shape index (κ3) is 2.05. The lowest BCUT2D eigenvalue weighted by atomic mass is 9.88. The van der Waals surface area contributed by atoms with Gasteiger partial charge >= 0.3 is 0 Å². The molecule has 1 fully saturated rings. The van der Waals surface area contributed by atoms with E-state index in [-0.39, 0.29) is 5.78 Å². The van der Waals surface area contributed by atoms with Gasteiger partial charge in [-0.1, -0.05) is 25.7 Å². The number of ketones is 1. The second kappa shape index (κ2) is 4.83. The van der Waals surface area contributed by atoms with Gasteiger partial charge in [-0.3, -0.25) is 4.79 Å². The van der Waals surface area contributed by atoms with Crippen LogP contribution in [0.15, 0.2) is 22.8 Å². The van der Waals surface area contributed by atoms with Crippen molar-refractivity contribution in [2.24, 2.45) is 0 Å². The van der Waals surface area contributed by atoms with Gasteiger partial charge in [0.2, 0.25) is 5.78 Å². The van der Waals surface area contributed by atoms with Crippen molar-refractivity contribution in [2.45, 2.75) is 44.1 Å². The van der Waals surface area contributed by atoms with Crippen LogP contribution >= 0.6 is 0 Å². The lowest BCUT2D eigenvalue weighted by Crippen LogP contribution is -2.40. The summed E-state index contributed by atoms with van der Waals surface area (Å²) in [7, 11) is 1.63. The molecule has 0 amide bonds. The first-order valence-corrected chi connectivity index (χ1v) is 5.92. The van der Waals surface area contributed by atoms with E-state index in [0.717, 1.165) is 25.7 Å². The maximum Gasteiger partial charge on any atom is 0.229 e. The topological polar surface area (TPSA) is 39.4 Å². The Morgan fingerprint density at radius 1 is 1.31 bits per heavy atom. The molecule has 1 heterocycles. The van der Waals surface area contributed by atoms with E-state index in [1.54, 1.807) is 19.2 Å². The molecule has 0 aromatic carbocycles. The fraction of sp³-hybridized carbons (Fsp3) is 0.615. The van der Waals surface area contributed by atoms with Gasteiger partial charge in [0, 0.05) is 7.11 Å². The molecule has 1 aliphatic rings. The highest BCUT2D eigenvalue weighted by Crippen LogP contribution is 2.33. The molecule has 0 radical (unpaired) electrons. The van der Waals surface area contributed by atoms with E-state index >= 15 is 0 Å². The SMILES string of the molecule is COC1(C(=O)c2ccco2)CCCCCC1. The molecular formula is C13H18O3. The van der Waals surface area contributed by atoms with Gasteiger partial charge in [0.15, 0.2) is 5.76 Å². The third-order valence-electron chi connectivity index (χ3n) is 3.46. The van der Waals surface area contributed by atoms with Crippen molar-refractivity contribution in [2.75, 3.05) is 7.11 Å². The van der Waals surface area contributed by atoms with E-state index in [4.69, 9.17) is 9.15 Å². The molecule has 0 bridgehead atoms. The van der Waals surface area contributed by atoms with Gasteiger partial charge in [-0.05, 0) is 25.0 Å². The van der Waals surface area contributed by atoms with E-state index < -0.39 is 5.60 Å². The van der Waals surface area contributed by atoms with E-state index in [9.17, 15) is 4.79 Å². The normalized spacial score (nSPS) is 20.3. The Balaban J connectivity index is 2.22. The lowest BCUT2D eigenvalue weighted by molar-refractivity contribution is -0.00889. The molecule has 88 valence electrons. The first-order valence-electron chi connectivity index (χ1n) is 5.92. The highest BCUT2D eigenvalue weighted by atomic mass is 16.5. The fourth-order valence-electron chi connectivity index (χ4n) is 2.46. The predicted molar refractivity (Wildman–Crippen MR) is 60.5 cm³/mol. The van der Waals surface area contributed by atoms with Gasteiger partial charge in [-0.15, -0.1) is 0 Å². The minimum Gasteiger partial charge on any atom is -0.461 e. The van der Waals surface area contributed by atoms with Crippen LogP contribution in [0.25, 0.3) is 0 Å². The maximum atomic E-state index is 12.3. The molecule has 0 atom stereocenters. The highest BCUT2D eigenvalue weighted by molar-refractivity contribution is 6.00. The van der Waals surface area contributed by atoms with Gasteiger partial charge in [-0.2, -0.15) is 0 Å². The molecule has 16 heavy (non-hydrogen) atoms. The number of hydrogen-bond donors (Lipinski definition) is 0. The Bertz CT molecular complexity index is 332. The second-order valence-electron chi connectivity index (χ2n) is 4.42. The van der Waals surface area contributed by atoms with Crippen LogP contribution in [0.2, 0.25) is 0 Å². The molecule has 3 heteroatoms. The molecule has 0 N–H and O–H groups in total. The summed E-state index contributed by atoms with van der Waals surface area (Å²) in [5.74, 6) is 0.422. The summed E-state index contributed by atoms with van der Waals surface area (Å²) in [6.45, 7) is 0. The molecule has 1 aliphatic carbocycles. The zero-order chi connectivity index (χ0) is 11.4. The van der Waals surface area contributed by atoms with Crippen LogP contribution in [-0.2, 0) is 4.74 Å². The van der Waals surface area contributed by atoms with Gasteiger partial charge in [-0.25, -0.2) is 0 Å². The van der Waals surface area contributed by atoms with Crippen molar-refractivity contribution in [3.05, 3.63) is 24.2 Å². The standard InChI is InChI=1S/C13H18O3/c1-15-13(8-4-2-3-5-9-13)12(14)11-7-6-10-16-11/h6-7,10H,2-5,8-9H2,1H3. The van der Waals surface area contributed by atoms with Crippen molar-refractivity contribution >= 4 is 5.78 Å². The van der Waals surface area contributed by atoms with Crippen LogP contribution < -0.4 is 0 Å². The summed E-state index contributed by atoms with van der Waals surface area (Å²) in [6, 6.07) is 3.46. The summed E-state index contributed by atoms with van der Waals surface area (Å²) < 4.78 is 10.7. The Morgan fingerprint density at radius 3 is 2.50 bits per heavy atom. The Kier molecular flexibility index (Phi) is 3.44. The zero-order valence-electron chi connectivity index (χ0n) is 9.70. The van der Waals surface area contributed by atoms with Crippen molar-refractivity contribution in [3.8, 4) is 0 Å². The Labute approximate surface area is 95.8 Å². The number of furan rings is 1. The molecule has 0 saturated heterocycles. The maximum absolute atomic E-state index is 12.3. The molecule has 1 aromatic rings. The number of carbonyl (C=O) groups excluding carboxylic acids is 1. The van der Waals surface area contributed by atoms with Crippen LogP contribution in [0.3, 0.4) is 0 Å². The van der Waals surface area contributed by atoms with Crippen molar-refractivity contribution in [1.29, 1.82) is 0 Å². The summed E-state index contributed by atoms with van der Waals surface area (Å²) in [5.41, 5.74) is -0.644. The number of methoxy groups -OCH3 is 1. The molecule has 2 rings (SSSR count). The average Bonchev–Trinajstić information content (AvgIpc) is 2.73. The van der Waals surface area contributed by atoms with Crippen LogP contribution in [-0.4, -0.2) is 18.5 Å². The number of rotatable bonds is 3. The molecule has 0 unspecified atom stereocenters. The predicted octanol–water partition coefficient (Wildman–Crippen LogP) is 3.20. The Morgan fingerprint density at radius 2 is 2.00 bits per heavy atom. The van der Waals surface area contributed by atoms with Crippen molar-refractivity contribution < 1.29 is 13.9 Å². The first-order chi connectivity index (χ1) is 7.78. The van der Waals surface area contributed by atoms with Crippen LogP contribution in [0.1, 0.15) is 49.1 Å². The van der Waals surface area contributed by atoms with Crippen molar-refractivity contribution in [1.82, 2.24) is 0 Å². The summed E-state index contributed by atoms with van der Waals surface area (Å²) in [5, 5.41) is 0.